The first kappa shape index (κ1) is 14.8. The van der Waals surface area contributed by atoms with E-state index in [0.29, 0.717) is 0 Å². The van der Waals surface area contributed by atoms with Gasteiger partial charge in [-0.1, -0.05) is 0 Å². The highest BCUT2D eigenvalue weighted by Crippen LogP contribution is 2.27. The first-order valence-electron chi connectivity index (χ1n) is 7.17. The minimum absolute atomic E-state index is 0.764. The number of anilines is 1. The molecule has 2 N–H and O–H groups in total. The smallest absolute Gasteiger partial charge is 0.161 e. The van der Waals surface area contributed by atoms with Crippen LogP contribution in [0.4, 0.5) is 5.82 Å². The number of hydrogen-bond acceptors (Lipinski definition) is 6. The summed E-state index contributed by atoms with van der Waals surface area (Å²) in [6.07, 6.45) is 4.52. The fourth-order valence-corrected chi connectivity index (χ4v) is 2.99. The highest BCUT2D eigenvalue weighted by Gasteiger charge is 2.11. The monoisotopic (exact) mass is 317 g/mol. The Kier molecular flexibility index (Phi) is 4.28. The quantitative estimate of drug-likeness (QED) is 0.536. The van der Waals surface area contributed by atoms with E-state index in [1.54, 1.807) is 18.1 Å². The lowest BCUT2D eigenvalue weighted by molar-refractivity contribution is 0.573. The van der Waals surface area contributed by atoms with Crippen molar-refractivity contribution in [1.29, 1.82) is 0 Å². The summed E-state index contributed by atoms with van der Waals surface area (Å²) in [6, 6.07) is 2.09. The third-order valence-corrected chi connectivity index (χ3v) is 4.14. The van der Waals surface area contributed by atoms with Gasteiger partial charge in [0.1, 0.15) is 17.2 Å². The summed E-state index contributed by atoms with van der Waals surface area (Å²) in [6.45, 7) is 5.81. The molecule has 0 aliphatic carbocycles. The SMILES string of the molecule is CSc1n[nH]c2ncnc(NCCCn3nc(C)cc3C)c12. The number of rotatable bonds is 6. The Hall–Kier alpha value is -2.09. The zero-order chi connectivity index (χ0) is 15.5. The summed E-state index contributed by atoms with van der Waals surface area (Å²) in [5, 5.41) is 16.9. The Morgan fingerprint density at radius 2 is 2.18 bits per heavy atom. The molecule has 0 radical (unpaired) electrons. The van der Waals surface area contributed by atoms with Crippen molar-refractivity contribution < 1.29 is 0 Å². The van der Waals surface area contributed by atoms with E-state index in [-0.39, 0.29) is 0 Å². The molecule has 7 nitrogen and oxygen atoms in total. The van der Waals surface area contributed by atoms with Gasteiger partial charge in [0.25, 0.3) is 0 Å². The van der Waals surface area contributed by atoms with E-state index in [0.717, 1.165) is 47.1 Å². The molecule has 0 atom stereocenters. The van der Waals surface area contributed by atoms with Crippen LogP contribution >= 0.6 is 11.8 Å². The first-order chi connectivity index (χ1) is 10.7. The van der Waals surface area contributed by atoms with Crippen LogP contribution < -0.4 is 5.32 Å². The van der Waals surface area contributed by atoms with Gasteiger partial charge in [-0.05, 0) is 32.6 Å². The molecule has 0 aliphatic heterocycles. The van der Waals surface area contributed by atoms with Gasteiger partial charge in [0.2, 0.25) is 0 Å². The van der Waals surface area contributed by atoms with E-state index < -0.39 is 0 Å². The summed E-state index contributed by atoms with van der Waals surface area (Å²) in [7, 11) is 0. The first-order valence-corrected chi connectivity index (χ1v) is 8.39. The largest absolute Gasteiger partial charge is 0.369 e. The van der Waals surface area contributed by atoms with Crippen molar-refractivity contribution in [2.24, 2.45) is 0 Å². The fraction of sp³-hybridized carbons (Fsp3) is 0.429. The van der Waals surface area contributed by atoms with Gasteiger partial charge in [-0.3, -0.25) is 9.78 Å². The van der Waals surface area contributed by atoms with Crippen molar-refractivity contribution in [1.82, 2.24) is 29.9 Å². The van der Waals surface area contributed by atoms with Crippen molar-refractivity contribution >= 4 is 28.6 Å². The molecule has 8 heteroatoms. The van der Waals surface area contributed by atoms with Crippen LogP contribution in [0.2, 0.25) is 0 Å². The maximum Gasteiger partial charge on any atom is 0.161 e. The van der Waals surface area contributed by atoms with Crippen LogP contribution in [-0.4, -0.2) is 42.7 Å². The number of fused-ring (bicyclic) bond motifs is 1. The highest BCUT2D eigenvalue weighted by atomic mass is 32.2. The normalized spacial score (nSPS) is 11.2. The molecule has 3 aromatic heterocycles. The lowest BCUT2D eigenvalue weighted by Gasteiger charge is -2.08. The predicted molar refractivity (Wildman–Crippen MR) is 88.3 cm³/mol. The second-order valence-electron chi connectivity index (χ2n) is 5.11. The molecular formula is C14H19N7S. The molecule has 0 saturated heterocycles. The molecule has 0 bridgehead atoms. The number of aryl methyl sites for hydroxylation is 3. The Morgan fingerprint density at radius 1 is 1.32 bits per heavy atom. The predicted octanol–water partition coefficient (Wildman–Crippen LogP) is 2.39. The number of nitrogens with one attached hydrogen (secondary N) is 2. The minimum Gasteiger partial charge on any atom is -0.369 e. The zero-order valence-electron chi connectivity index (χ0n) is 12.9. The van der Waals surface area contributed by atoms with Crippen LogP contribution in [0.5, 0.6) is 0 Å². The van der Waals surface area contributed by atoms with E-state index in [1.165, 1.54) is 5.69 Å². The molecular weight excluding hydrogens is 298 g/mol. The Labute approximate surface area is 132 Å². The van der Waals surface area contributed by atoms with Gasteiger partial charge in [-0.15, -0.1) is 11.8 Å². The summed E-state index contributed by atoms with van der Waals surface area (Å²) < 4.78 is 2.04. The number of thioether (sulfide) groups is 1. The molecule has 3 heterocycles. The van der Waals surface area contributed by atoms with Crippen LogP contribution in [0.25, 0.3) is 11.0 Å². The van der Waals surface area contributed by atoms with Crippen molar-refractivity contribution in [2.75, 3.05) is 18.1 Å². The lowest BCUT2D eigenvalue weighted by atomic mass is 10.3. The molecule has 3 aromatic rings. The molecule has 0 aliphatic rings. The van der Waals surface area contributed by atoms with Gasteiger partial charge in [0.05, 0.1) is 11.1 Å². The van der Waals surface area contributed by atoms with Gasteiger partial charge in [-0.2, -0.15) is 10.2 Å². The van der Waals surface area contributed by atoms with E-state index >= 15 is 0 Å². The number of hydrogen-bond donors (Lipinski definition) is 2. The Bertz CT molecular complexity index is 777. The average Bonchev–Trinajstić information content (AvgIpc) is 3.07. The number of aromatic amines is 1. The molecule has 0 saturated carbocycles. The van der Waals surface area contributed by atoms with Gasteiger partial charge >= 0.3 is 0 Å². The van der Waals surface area contributed by atoms with E-state index in [9.17, 15) is 0 Å². The fourth-order valence-electron chi connectivity index (χ4n) is 2.45. The van der Waals surface area contributed by atoms with Gasteiger partial charge in [0, 0.05) is 18.8 Å². The van der Waals surface area contributed by atoms with Gasteiger partial charge < -0.3 is 5.32 Å². The van der Waals surface area contributed by atoms with Crippen molar-refractivity contribution in [2.45, 2.75) is 31.8 Å². The Balaban J connectivity index is 1.64. The summed E-state index contributed by atoms with van der Waals surface area (Å²) in [5.74, 6) is 0.830. The second kappa shape index (κ2) is 6.35. The highest BCUT2D eigenvalue weighted by molar-refractivity contribution is 7.98. The van der Waals surface area contributed by atoms with E-state index in [4.69, 9.17) is 0 Å². The average molecular weight is 317 g/mol. The topological polar surface area (TPSA) is 84.3 Å². The third-order valence-electron chi connectivity index (χ3n) is 3.46. The van der Waals surface area contributed by atoms with Crippen LogP contribution in [0, 0.1) is 13.8 Å². The van der Waals surface area contributed by atoms with E-state index in [1.807, 2.05) is 17.9 Å². The summed E-state index contributed by atoms with van der Waals surface area (Å²) >= 11 is 1.58. The number of nitrogens with zero attached hydrogens (tertiary/aromatic N) is 5. The van der Waals surface area contributed by atoms with Crippen LogP contribution in [0.1, 0.15) is 17.8 Å². The molecule has 22 heavy (non-hydrogen) atoms. The van der Waals surface area contributed by atoms with Crippen LogP contribution in [0.15, 0.2) is 17.4 Å². The molecule has 0 spiro atoms. The number of aromatic nitrogens is 6. The lowest BCUT2D eigenvalue weighted by Crippen LogP contribution is -2.10. The molecule has 3 rings (SSSR count). The maximum atomic E-state index is 4.47. The molecule has 0 aromatic carbocycles. The second-order valence-corrected chi connectivity index (χ2v) is 5.90. The molecule has 0 fully saturated rings. The number of H-pyrrole nitrogens is 1. The van der Waals surface area contributed by atoms with Gasteiger partial charge in [-0.25, -0.2) is 9.97 Å². The third kappa shape index (κ3) is 2.92. The molecule has 0 amide bonds. The minimum atomic E-state index is 0.764. The molecule has 116 valence electrons. The van der Waals surface area contributed by atoms with Crippen LogP contribution in [0.3, 0.4) is 0 Å². The maximum absolute atomic E-state index is 4.47. The van der Waals surface area contributed by atoms with Crippen LogP contribution in [-0.2, 0) is 6.54 Å². The molecule has 0 unspecified atom stereocenters. The Morgan fingerprint density at radius 3 is 2.91 bits per heavy atom. The summed E-state index contributed by atoms with van der Waals surface area (Å²) in [5.41, 5.74) is 3.02. The van der Waals surface area contributed by atoms with Crippen molar-refractivity contribution in [3.63, 3.8) is 0 Å². The van der Waals surface area contributed by atoms with Crippen molar-refractivity contribution in [3.05, 3.63) is 23.8 Å². The summed E-state index contributed by atoms with van der Waals surface area (Å²) in [4.78, 5) is 8.54. The zero-order valence-corrected chi connectivity index (χ0v) is 13.7. The van der Waals surface area contributed by atoms with E-state index in [2.05, 4.69) is 43.6 Å². The standard InChI is InChI=1S/C14H19N7S/c1-9-7-10(2)21(20-9)6-4-5-15-12-11-13(17-8-16-12)18-19-14(11)22-3/h7-8H,4-6H2,1-3H3,(H2,15,16,17,18,19). The van der Waals surface area contributed by atoms with Gasteiger partial charge in [0.15, 0.2) is 5.65 Å². The van der Waals surface area contributed by atoms with Crippen molar-refractivity contribution in [3.8, 4) is 0 Å².